The Morgan fingerprint density at radius 2 is 1.87 bits per heavy atom. The normalized spacial score (nSPS) is 15.3. The van der Waals surface area contributed by atoms with Gasteiger partial charge in [0.05, 0.1) is 34.6 Å². The summed E-state index contributed by atoms with van der Waals surface area (Å²) in [5, 5.41) is 0.724. The molecule has 0 fully saturated rings. The van der Waals surface area contributed by atoms with Crippen molar-refractivity contribution in [3.05, 3.63) is 109 Å². The number of rotatable bonds is 8. The van der Waals surface area contributed by atoms with Crippen molar-refractivity contribution in [1.82, 2.24) is 4.57 Å². The summed E-state index contributed by atoms with van der Waals surface area (Å²) in [6, 6.07) is 20.4. The Morgan fingerprint density at radius 3 is 2.56 bits per heavy atom. The lowest BCUT2D eigenvalue weighted by molar-refractivity contribution is -0.143. The van der Waals surface area contributed by atoms with E-state index in [4.69, 9.17) is 13.9 Å². The fourth-order valence-corrected chi connectivity index (χ4v) is 6.12. The van der Waals surface area contributed by atoms with E-state index in [1.807, 2.05) is 73.7 Å². The number of aromatic nitrogens is 1. The van der Waals surface area contributed by atoms with Crippen LogP contribution >= 0.6 is 23.1 Å². The lowest BCUT2D eigenvalue weighted by atomic mass is 9.96. The summed E-state index contributed by atoms with van der Waals surface area (Å²) in [5.74, 6) is 0.780. The Kier molecular flexibility index (Phi) is 7.90. The molecule has 9 heteroatoms. The van der Waals surface area contributed by atoms with Crippen molar-refractivity contribution in [3.63, 3.8) is 0 Å². The smallest absolute Gasteiger partial charge is 0.338 e. The molecule has 0 saturated carbocycles. The van der Waals surface area contributed by atoms with Crippen LogP contribution in [0, 0.1) is 0 Å². The number of nitrogens with zero attached hydrogens (tertiary/aromatic N) is 2. The zero-order valence-electron chi connectivity index (χ0n) is 22.0. The fraction of sp³-hybridized carbons (Fsp3) is 0.233. The molecule has 2 aromatic carbocycles. The minimum absolute atomic E-state index is 0.256. The molecule has 39 heavy (non-hydrogen) atoms. The number of fused-ring (bicyclic) bond motifs is 1. The van der Waals surface area contributed by atoms with Crippen molar-refractivity contribution >= 4 is 35.1 Å². The molecule has 0 unspecified atom stereocenters. The molecule has 1 aliphatic rings. The van der Waals surface area contributed by atoms with E-state index in [-0.39, 0.29) is 11.7 Å². The molecule has 1 aliphatic heterocycles. The zero-order valence-corrected chi connectivity index (χ0v) is 23.7. The first-order chi connectivity index (χ1) is 18.8. The number of allylic oxidation sites excluding steroid dienone is 1. The maximum Gasteiger partial charge on any atom is 0.338 e. The molecule has 200 valence electrons. The van der Waals surface area contributed by atoms with Crippen molar-refractivity contribution < 1.29 is 18.7 Å². The number of esters is 1. The van der Waals surface area contributed by atoms with Crippen LogP contribution in [-0.4, -0.2) is 23.2 Å². The first-order valence-electron chi connectivity index (χ1n) is 12.6. The summed E-state index contributed by atoms with van der Waals surface area (Å²) >= 11 is 2.77. The van der Waals surface area contributed by atoms with Gasteiger partial charge >= 0.3 is 5.97 Å². The first-order valence-corrected chi connectivity index (χ1v) is 14.3. The molecular weight excluding hydrogens is 532 g/mol. The second kappa shape index (κ2) is 11.5. The van der Waals surface area contributed by atoms with E-state index >= 15 is 0 Å². The molecule has 2 aromatic heterocycles. The number of hydrogen-bond donors (Lipinski definition) is 0. The third kappa shape index (κ3) is 5.79. The number of carbonyl (C=O) groups excluding carboxylic acids is 1. The van der Waals surface area contributed by atoms with Gasteiger partial charge in [0, 0.05) is 11.0 Å². The van der Waals surface area contributed by atoms with Crippen LogP contribution in [0.2, 0.25) is 0 Å². The molecule has 3 heterocycles. The molecule has 7 nitrogen and oxygen atoms in total. The molecule has 0 spiro atoms. The number of hydrogen-bond acceptors (Lipinski definition) is 8. The van der Waals surface area contributed by atoms with Crippen molar-refractivity contribution in [2.45, 2.75) is 49.8 Å². The Morgan fingerprint density at radius 1 is 1.13 bits per heavy atom. The minimum Gasteiger partial charge on any atom is -0.494 e. The summed E-state index contributed by atoms with van der Waals surface area (Å²) in [4.78, 5) is 33.3. The average molecular weight is 561 g/mol. The second-order valence-electron chi connectivity index (χ2n) is 9.11. The van der Waals surface area contributed by atoms with Gasteiger partial charge in [0.15, 0.2) is 9.89 Å². The fourth-order valence-electron chi connectivity index (χ4n) is 4.29. The zero-order chi connectivity index (χ0) is 27.5. The summed E-state index contributed by atoms with van der Waals surface area (Å²) in [5.41, 5.74) is 1.36. The lowest BCUT2D eigenvalue weighted by Crippen LogP contribution is -2.40. The average Bonchev–Trinajstić information content (AvgIpc) is 3.47. The van der Waals surface area contributed by atoms with E-state index in [0.717, 1.165) is 15.6 Å². The number of ether oxygens (including phenoxy) is 2. The first kappa shape index (κ1) is 26.8. The topological polar surface area (TPSA) is 83.0 Å². The second-order valence-corrected chi connectivity index (χ2v) is 11.2. The van der Waals surface area contributed by atoms with Crippen LogP contribution in [0.5, 0.6) is 5.75 Å². The molecule has 0 aliphatic carbocycles. The Labute approximate surface area is 234 Å². The SMILES string of the molecule is CCOc1ccc([C@@H]2C(C(=O)OC(C)C)=C(C)N=c3s/c(=C/c4ccc(Sc5ccccc5)o4)c(=O)n32)cc1. The van der Waals surface area contributed by atoms with Gasteiger partial charge in [-0.05, 0) is 69.7 Å². The molecule has 0 saturated heterocycles. The van der Waals surface area contributed by atoms with Gasteiger partial charge in [0.1, 0.15) is 11.5 Å². The standard InChI is InChI=1S/C30H28N2O5S2/c1-5-35-21-13-11-20(12-14-21)27-26(29(34)36-18(2)3)19(4)31-30-32(27)28(33)24(39-30)17-22-15-16-25(37-22)38-23-9-7-6-8-10-23/h6-18,27H,5H2,1-4H3/b24-17+/t27-/m1/s1. The molecule has 0 amide bonds. The summed E-state index contributed by atoms with van der Waals surface area (Å²) < 4.78 is 19.2. The van der Waals surface area contributed by atoms with E-state index in [2.05, 4.69) is 4.99 Å². The highest BCUT2D eigenvalue weighted by molar-refractivity contribution is 7.99. The predicted molar refractivity (Wildman–Crippen MR) is 152 cm³/mol. The highest BCUT2D eigenvalue weighted by atomic mass is 32.2. The Bertz CT molecular complexity index is 1700. The van der Waals surface area contributed by atoms with Gasteiger partial charge < -0.3 is 13.9 Å². The quantitative estimate of drug-likeness (QED) is 0.271. The Balaban J connectivity index is 1.57. The van der Waals surface area contributed by atoms with Gasteiger partial charge in [0.2, 0.25) is 0 Å². The lowest BCUT2D eigenvalue weighted by Gasteiger charge is -2.25. The van der Waals surface area contributed by atoms with E-state index in [0.29, 0.717) is 38.7 Å². The maximum absolute atomic E-state index is 13.8. The van der Waals surface area contributed by atoms with Gasteiger partial charge in [-0.1, -0.05) is 53.4 Å². The molecular formula is C30H28N2O5S2. The largest absolute Gasteiger partial charge is 0.494 e. The van der Waals surface area contributed by atoms with Crippen LogP contribution in [0.3, 0.4) is 0 Å². The van der Waals surface area contributed by atoms with E-state index in [1.54, 1.807) is 31.4 Å². The van der Waals surface area contributed by atoms with E-state index in [9.17, 15) is 9.59 Å². The van der Waals surface area contributed by atoms with Gasteiger partial charge in [0.25, 0.3) is 5.56 Å². The molecule has 1 atom stereocenters. The monoisotopic (exact) mass is 560 g/mol. The summed E-state index contributed by atoms with van der Waals surface area (Å²) in [6.07, 6.45) is 1.41. The third-order valence-electron chi connectivity index (χ3n) is 5.93. The van der Waals surface area contributed by atoms with Crippen molar-refractivity contribution in [2.24, 2.45) is 4.99 Å². The van der Waals surface area contributed by atoms with Crippen LogP contribution < -0.4 is 19.6 Å². The van der Waals surface area contributed by atoms with Crippen molar-refractivity contribution in [2.75, 3.05) is 6.61 Å². The number of thiazole rings is 1. The predicted octanol–water partition coefficient (Wildman–Crippen LogP) is 5.33. The molecule has 4 aromatic rings. The van der Waals surface area contributed by atoms with Crippen molar-refractivity contribution in [3.8, 4) is 5.75 Å². The molecule has 0 bridgehead atoms. The maximum atomic E-state index is 13.8. The number of carbonyl (C=O) groups is 1. The number of benzene rings is 2. The minimum atomic E-state index is -0.689. The van der Waals surface area contributed by atoms with Crippen LogP contribution in [-0.2, 0) is 9.53 Å². The van der Waals surface area contributed by atoms with Crippen LogP contribution in [0.25, 0.3) is 6.08 Å². The number of furan rings is 1. The van der Waals surface area contributed by atoms with Crippen molar-refractivity contribution in [1.29, 1.82) is 0 Å². The highest BCUT2D eigenvalue weighted by Crippen LogP contribution is 2.32. The highest BCUT2D eigenvalue weighted by Gasteiger charge is 2.33. The van der Waals surface area contributed by atoms with Gasteiger partial charge in [-0.25, -0.2) is 9.79 Å². The Hall–Kier alpha value is -3.82. The summed E-state index contributed by atoms with van der Waals surface area (Å²) in [7, 11) is 0. The van der Waals surface area contributed by atoms with E-state index in [1.165, 1.54) is 23.1 Å². The van der Waals surface area contributed by atoms with Crippen LogP contribution in [0.1, 0.15) is 45.1 Å². The molecule has 0 radical (unpaired) electrons. The molecule has 5 rings (SSSR count). The van der Waals surface area contributed by atoms with Gasteiger partial charge in [-0.15, -0.1) is 0 Å². The van der Waals surface area contributed by atoms with Crippen LogP contribution in [0.4, 0.5) is 0 Å². The van der Waals surface area contributed by atoms with Gasteiger partial charge in [-0.3, -0.25) is 9.36 Å². The van der Waals surface area contributed by atoms with E-state index < -0.39 is 12.0 Å². The van der Waals surface area contributed by atoms with Gasteiger partial charge in [-0.2, -0.15) is 0 Å². The third-order valence-corrected chi connectivity index (χ3v) is 7.84. The summed E-state index contributed by atoms with van der Waals surface area (Å²) in [6.45, 7) is 7.82. The van der Waals surface area contributed by atoms with Crippen LogP contribution in [0.15, 0.2) is 102 Å². The molecule has 0 N–H and O–H groups in total.